The summed E-state index contributed by atoms with van der Waals surface area (Å²) in [5.41, 5.74) is 1.02. The first kappa shape index (κ1) is 20.1. The Balaban J connectivity index is 1.60. The highest BCUT2D eigenvalue weighted by Gasteiger charge is 2.32. The summed E-state index contributed by atoms with van der Waals surface area (Å²) < 4.78 is 32.9. The Bertz CT molecular complexity index is 1220. The first-order chi connectivity index (χ1) is 14.2. The van der Waals surface area contributed by atoms with Crippen molar-refractivity contribution in [2.24, 2.45) is 0 Å². The number of sulfonamides is 1. The van der Waals surface area contributed by atoms with Gasteiger partial charge in [0.1, 0.15) is 0 Å². The van der Waals surface area contributed by atoms with Crippen molar-refractivity contribution < 1.29 is 17.7 Å². The highest BCUT2D eigenvalue weighted by atomic mass is 32.2. The Labute approximate surface area is 175 Å². The maximum Gasteiger partial charge on any atom is 0.264 e. The smallest absolute Gasteiger partial charge is 0.264 e. The molecule has 0 unspecified atom stereocenters. The summed E-state index contributed by atoms with van der Waals surface area (Å²) in [6, 6.07) is 13.5. The Morgan fingerprint density at radius 2 is 1.93 bits per heavy atom. The molecule has 4 rings (SSSR count). The lowest BCUT2D eigenvalue weighted by atomic mass is 10.0. The van der Waals surface area contributed by atoms with Crippen molar-refractivity contribution in [2.75, 3.05) is 10.8 Å². The first-order valence-electron chi connectivity index (χ1n) is 9.52. The molecule has 2 heterocycles. The van der Waals surface area contributed by atoms with E-state index in [2.05, 4.69) is 15.5 Å². The number of fused-ring (bicyclic) bond motifs is 1. The van der Waals surface area contributed by atoms with E-state index in [1.807, 2.05) is 18.2 Å². The van der Waals surface area contributed by atoms with Gasteiger partial charge in [-0.05, 0) is 50.1 Å². The predicted octanol–water partition coefficient (Wildman–Crippen LogP) is 2.79. The van der Waals surface area contributed by atoms with Crippen molar-refractivity contribution in [3.05, 3.63) is 71.4 Å². The molecule has 0 saturated heterocycles. The zero-order chi connectivity index (χ0) is 21.5. The minimum Gasteiger partial charge on any atom is -0.340 e. The molecule has 0 spiro atoms. The maximum atomic E-state index is 13.2. The van der Waals surface area contributed by atoms with Crippen molar-refractivity contribution in [2.45, 2.75) is 37.6 Å². The molecular formula is C21H22N4O4S. The number of nitrogens with one attached hydrogen (secondary N) is 1. The van der Waals surface area contributed by atoms with Gasteiger partial charge in [-0.3, -0.25) is 9.10 Å². The fourth-order valence-corrected chi connectivity index (χ4v) is 5.00. The molecule has 156 valence electrons. The lowest BCUT2D eigenvalue weighted by Crippen LogP contribution is -2.42. The van der Waals surface area contributed by atoms with Crippen molar-refractivity contribution in [3.8, 4) is 0 Å². The molecule has 8 nitrogen and oxygen atoms in total. The van der Waals surface area contributed by atoms with Crippen LogP contribution in [0.3, 0.4) is 0 Å². The third kappa shape index (κ3) is 3.56. The van der Waals surface area contributed by atoms with Crippen molar-refractivity contribution in [1.82, 2.24) is 15.5 Å². The van der Waals surface area contributed by atoms with Crippen LogP contribution in [0.25, 0.3) is 0 Å². The van der Waals surface area contributed by atoms with Gasteiger partial charge in [-0.25, -0.2) is 8.42 Å². The molecular weight excluding hydrogens is 404 g/mol. The Hall–Kier alpha value is -3.20. The molecule has 1 aliphatic heterocycles. The number of aryl methyl sites for hydroxylation is 1. The average molecular weight is 426 g/mol. The fraction of sp³-hybridized carbons (Fsp3) is 0.286. The molecule has 1 amide bonds. The van der Waals surface area contributed by atoms with E-state index in [1.54, 1.807) is 39.0 Å². The topological polar surface area (TPSA) is 105 Å². The molecule has 0 atom stereocenters. The van der Waals surface area contributed by atoms with Crippen molar-refractivity contribution in [3.63, 3.8) is 0 Å². The van der Waals surface area contributed by atoms with Crippen LogP contribution in [0, 0.1) is 6.92 Å². The molecule has 9 heteroatoms. The Morgan fingerprint density at radius 3 is 2.67 bits per heavy atom. The van der Waals surface area contributed by atoms with Crippen LogP contribution in [0.5, 0.6) is 0 Å². The van der Waals surface area contributed by atoms with Gasteiger partial charge in [-0.1, -0.05) is 29.4 Å². The standard InChI is InChI=1S/C21H22N4O4S/c1-14-22-20(24-29-14)21(2,3)23-19(26)16-8-6-9-17(13-16)30(27,28)25-12-11-15-7-4-5-10-18(15)25/h4-10,13H,11-12H2,1-3H3,(H,23,26). The number of nitrogens with zero attached hydrogens (tertiary/aromatic N) is 3. The number of amides is 1. The second-order valence-electron chi connectivity index (χ2n) is 7.70. The summed E-state index contributed by atoms with van der Waals surface area (Å²) in [5.74, 6) is 0.304. The number of carbonyl (C=O) groups is 1. The lowest BCUT2D eigenvalue weighted by molar-refractivity contribution is 0.0907. The monoisotopic (exact) mass is 426 g/mol. The van der Waals surface area contributed by atoms with Crippen molar-refractivity contribution in [1.29, 1.82) is 0 Å². The quantitative estimate of drug-likeness (QED) is 0.673. The van der Waals surface area contributed by atoms with E-state index in [1.165, 1.54) is 16.4 Å². The van der Waals surface area contributed by atoms with Gasteiger partial charge in [-0.15, -0.1) is 0 Å². The molecule has 0 aliphatic carbocycles. The predicted molar refractivity (Wildman–Crippen MR) is 111 cm³/mol. The molecule has 3 aromatic rings. The third-order valence-electron chi connectivity index (χ3n) is 5.04. The lowest BCUT2D eigenvalue weighted by Gasteiger charge is -2.23. The molecule has 0 bridgehead atoms. The number of hydrogen-bond donors (Lipinski definition) is 1. The molecule has 0 saturated carbocycles. The van der Waals surface area contributed by atoms with E-state index in [9.17, 15) is 13.2 Å². The molecule has 0 radical (unpaired) electrons. The van der Waals surface area contributed by atoms with Gasteiger partial charge in [0.05, 0.1) is 16.1 Å². The largest absolute Gasteiger partial charge is 0.340 e. The van der Waals surface area contributed by atoms with Gasteiger partial charge in [0.25, 0.3) is 15.9 Å². The number of carbonyl (C=O) groups excluding carboxylic acids is 1. The molecule has 0 fully saturated rings. The number of hydrogen-bond acceptors (Lipinski definition) is 6. The van der Waals surface area contributed by atoms with E-state index in [0.717, 1.165) is 5.56 Å². The normalized spacial score (nSPS) is 13.9. The van der Waals surface area contributed by atoms with E-state index in [0.29, 0.717) is 30.4 Å². The second kappa shape index (κ2) is 7.24. The van der Waals surface area contributed by atoms with Crippen LogP contribution in [0.1, 0.15) is 41.5 Å². The van der Waals surface area contributed by atoms with Crippen LogP contribution in [-0.4, -0.2) is 31.0 Å². The number of para-hydroxylation sites is 1. The van der Waals surface area contributed by atoms with Crippen LogP contribution < -0.4 is 9.62 Å². The summed E-state index contributed by atoms with van der Waals surface area (Å²) in [7, 11) is -3.79. The summed E-state index contributed by atoms with van der Waals surface area (Å²) in [6.45, 7) is 5.54. The summed E-state index contributed by atoms with van der Waals surface area (Å²) >= 11 is 0. The molecule has 2 aromatic carbocycles. The number of aromatic nitrogens is 2. The van der Waals surface area contributed by atoms with Crippen molar-refractivity contribution >= 4 is 21.6 Å². The fourth-order valence-electron chi connectivity index (χ4n) is 3.45. The van der Waals surface area contributed by atoms with E-state index < -0.39 is 21.5 Å². The highest BCUT2D eigenvalue weighted by Crippen LogP contribution is 2.32. The van der Waals surface area contributed by atoms with Gasteiger partial charge in [0.15, 0.2) is 5.82 Å². The summed E-state index contributed by atoms with van der Waals surface area (Å²) in [4.78, 5) is 17.1. The summed E-state index contributed by atoms with van der Waals surface area (Å²) in [5, 5.41) is 6.69. The zero-order valence-corrected chi connectivity index (χ0v) is 17.7. The molecule has 1 N–H and O–H groups in total. The minimum absolute atomic E-state index is 0.0695. The first-order valence-corrected chi connectivity index (χ1v) is 11.0. The van der Waals surface area contributed by atoms with Crippen LogP contribution in [0.15, 0.2) is 57.9 Å². The van der Waals surface area contributed by atoms with Crippen LogP contribution in [0.4, 0.5) is 5.69 Å². The highest BCUT2D eigenvalue weighted by molar-refractivity contribution is 7.92. The molecule has 1 aliphatic rings. The second-order valence-corrected chi connectivity index (χ2v) is 9.56. The number of benzene rings is 2. The van der Waals surface area contributed by atoms with Gasteiger partial charge < -0.3 is 9.84 Å². The third-order valence-corrected chi connectivity index (χ3v) is 6.85. The zero-order valence-electron chi connectivity index (χ0n) is 16.9. The summed E-state index contributed by atoms with van der Waals surface area (Å²) in [6.07, 6.45) is 0.661. The number of rotatable bonds is 5. The number of anilines is 1. The van der Waals surface area contributed by atoms with Gasteiger partial charge in [-0.2, -0.15) is 4.98 Å². The van der Waals surface area contributed by atoms with Crippen LogP contribution in [0.2, 0.25) is 0 Å². The Kier molecular flexibility index (Phi) is 4.85. The minimum atomic E-state index is -3.79. The van der Waals surface area contributed by atoms with Gasteiger partial charge in [0.2, 0.25) is 5.89 Å². The average Bonchev–Trinajstić information content (AvgIpc) is 3.35. The maximum absolute atomic E-state index is 13.2. The Morgan fingerprint density at radius 1 is 1.17 bits per heavy atom. The van der Waals surface area contributed by atoms with Crippen LogP contribution in [-0.2, 0) is 22.0 Å². The van der Waals surface area contributed by atoms with E-state index in [-0.39, 0.29) is 10.5 Å². The van der Waals surface area contributed by atoms with Crippen LogP contribution >= 0.6 is 0 Å². The SMILES string of the molecule is Cc1nc(C(C)(C)NC(=O)c2cccc(S(=O)(=O)N3CCc4ccccc43)c2)no1. The molecule has 30 heavy (non-hydrogen) atoms. The van der Waals surface area contributed by atoms with E-state index >= 15 is 0 Å². The van der Waals surface area contributed by atoms with Gasteiger partial charge in [0, 0.05) is 19.0 Å². The van der Waals surface area contributed by atoms with E-state index in [4.69, 9.17) is 4.52 Å². The molecule has 1 aromatic heterocycles. The van der Waals surface area contributed by atoms with Gasteiger partial charge >= 0.3 is 0 Å².